The second-order valence-electron chi connectivity index (χ2n) is 4.79. The van der Waals surface area contributed by atoms with Crippen LogP contribution in [0.4, 0.5) is 11.4 Å². The van der Waals surface area contributed by atoms with Crippen LogP contribution in [0.1, 0.15) is 21.5 Å². The van der Waals surface area contributed by atoms with Crippen LogP contribution in [-0.2, 0) is 6.54 Å². The highest BCUT2D eigenvalue weighted by molar-refractivity contribution is 6.33. The smallest absolute Gasteiger partial charge is 0.271 e. The third-order valence-corrected chi connectivity index (χ3v) is 3.46. The minimum Gasteiger partial charge on any atom is -0.380 e. The van der Waals surface area contributed by atoms with Gasteiger partial charge in [0.1, 0.15) is 0 Å². The summed E-state index contributed by atoms with van der Waals surface area (Å²) in [5, 5.41) is 14.2. The van der Waals surface area contributed by atoms with Crippen LogP contribution in [-0.4, -0.2) is 10.8 Å². The lowest BCUT2D eigenvalue weighted by Crippen LogP contribution is -2.11. The summed E-state index contributed by atoms with van der Waals surface area (Å²) in [7, 11) is 0. The summed E-state index contributed by atoms with van der Waals surface area (Å²) in [6.07, 6.45) is 0. The molecule has 114 valence electrons. The van der Waals surface area contributed by atoms with E-state index in [2.05, 4.69) is 5.32 Å². The van der Waals surface area contributed by atoms with Crippen LogP contribution < -0.4 is 11.1 Å². The zero-order valence-electron chi connectivity index (χ0n) is 11.8. The summed E-state index contributed by atoms with van der Waals surface area (Å²) >= 11 is 6.09. The van der Waals surface area contributed by atoms with Crippen LogP contribution in [0.3, 0.4) is 0 Å². The Morgan fingerprint density at radius 2 is 2.09 bits per heavy atom. The predicted molar refractivity (Wildman–Crippen MR) is 85.1 cm³/mol. The van der Waals surface area contributed by atoms with Crippen molar-refractivity contribution < 1.29 is 9.72 Å². The van der Waals surface area contributed by atoms with E-state index in [9.17, 15) is 14.9 Å². The number of amides is 1. The van der Waals surface area contributed by atoms with E-state index in [0.29, 0.717) is 23.4 Å². The molecule has 0 fully saturated rings. The molecule has 6 nitrogen and oxygen atoms in total. The van der Waals surface area contributed by atoms with Crippen molar-refractivity contribution in [2.24, 2.45) is 5.73 Å². The van der Waals surface area contributed by atoms with E-state index >= 15 is 0 Å². The Kier molecular flexibility index (Phi) is 4.62. The molecule has 2 aromatic rings. The zero-order chi connectivity index (χ0) is 16.3. The van der Waals surface area contributed by atoms with Gasteiger partial charge in [0.15, 0.2) is 0 Å². The minimum atomic E-state index is -0.494. The number of nitrogens with zero attached hydrogens (tertiary/aromatic N) is 1. The molecule has 0 heterocycles. The maximum absolute atomic E-state index is 11.2. The lowest BCUT2D eigenvalue weighted by atomic mass is 10.1. The number of hydrogen-bond donors (Lipinski definition) is 2. The Morgan fingerprint density at radius 3 is 2.68 bits per heavy atom. The maximum atomic E-state index is 11.2. The number of non-ortho nitro benzene ring substituents is 1. The average molecular weight is 320 g/mol. The van der Waals surface area contributed by atoms with Crippen molar-refractivity contribution in [3.05, 3.63) is 68.2 Å². The maximum Gasteiger partial charge on any atom is 0.271 e. The number of halogens is 1. The molecule has 0 aromatic heterocycles. The molecule has 0 unspecified atom stereocenters. The summed E-state index contributed by atoms with van der Waals surface area (Å²) in [4.78, 5) is 21.4. The van der Waals surface area contributed by atoms with Crippen LogP contribution in [0.5, 0.6) is 0 Å². The van der Waals surface area contributed by atoms with E-state index in [1.54, 1.807) is 25.1 Å². The number of carbonyl (C=O) groups is 1. The second-order valence-corrected chi connectivity index (χ2v) is 5.20. The zero-order valence-corrected chi connectivity index (χ0v) is 12.6. The Bertz CT molecular complexity index is 724. The number of primary amides is 1. The van der Waals surface area contributed by atoms with Crippen LogP contribution in [0.15, 0.2) is 36.4 Å². The van der Waals surface area contributed by atoms with Gasteiger partial charge in [0.05, 0.1) is 15.6 Å². The van der Waals surface area contributed by atoms with Gasteiger partial charge in [-0.2, -0.15) is 0 Å². The summed E-state index contributed by atoms with van der Waals surface area (Å²) in [6, 6.07) is 9.65. The molecule has 3 N–H and O–H groups in total. The second kappa shape index (κ2) is 6.44. The third-order valence-electron chi connectivity index (χ3n) is 3.16. The van der Waals surface area contributed by atoms with Crippen molar-refractivity contribution >= 4 is 28.9 Å². The van der Waals surface area contributed by atoms with E-state index in [-0.39, 0.29) is 10.7 Å². The molecular formula is C15H14ClN3O3. The fraction of sp³-hybridized carbons (Fsp3) is 0.133. The number of nitrogens with two attached hydrogens (primary N) is 1. The van der Waals surface area contributed by atoms with E-state index in [1.165, 1.54) is 12.1 Å². The van der Waals surface area contributed by atoms with Gasteiger partial charge >= 0.3 is 0 Å². The van der Waals surface area contributed by atoms with Crippen LogP contribution in [0.25, 0.3) is 0 Å². The third kappa shape index (κ3) is 3.53. The van der Waals surface area contributed by atoms with Gasteiger partial charge in [-0.15, -0.1) is 0 Å². The molecule has 0 radical (unpaired) electrons. The summed E-state index contributed by atoms with van der Waals surface area (Å²) < 4.78 is 0. The standard InChI is InChI=1S/C15H14ClN3O3/c1-9-5-12(19(21)22)7-13(16)14(9)18-8-10-3-2-4-11(6-10)15(17)20/h2-7,18H,8H2,1H3,(H2,17,20). The molecular weight excluding hydrogens is 306 g/mol. The van der Waals surface area contributed by atoms with Crippen LogP contribution >= 0.6 is 11.6 Å². The highest BCUT2D eigenvalue weighted by Gasteiger charge is 2.13. The number of benzene rings is 2. The van der Waals surface area contributed by atoms with Gasteiger partial charge < -0.3 is 11.1 Å². The van der Waals surface area contributed by atoms with Crippen LogP contribution in [0, 0.1) is 17.0 Å². The number of nitro groups is 1. The lowest BCUT2D eigenvalue weighted by molar-refractivity contribution is -0.384. The van der Waals surface area contributed by atoms with E-state index in [4.69, 9.17) is 17.3 Å². The number of nitrogens with one attached hydrogen (secondary N) is 1. The molecule has 0 atom stereocenters. The minimum absolute atomic E-state index is 0.0521. The fourth-order valence-electron chi connectivity index (χ4n) is 2.08. The van der Waals surface area contributed by atoms with E-state index in [1.807, 2.05) is 6.07 Å². The van der Waals surface area contributed by atoms with Crippen molar-refractivity contribution in [2.75, 3.05) is 5.32 Å². The molecule has 7 heteroatoms. The summed E-state index contributed by atoms with van der Waals surface area (Å²) in [5.41, 5.74) is 7.75. The molecule has 0 aliphatic heterocycles. The van der Waals surface area contributed by atoms with Gasteiger partial charge in [-0.1, -0.05) is 23.7 Å². The topological polar surface area (TPSA) is 98.3 Å². The van der Waals surface area contributed by atoms with E-state index in [0.717, 1.165) is 5.56 Å². The number of nitro benzene ring substituents is 1. The first-order valence-corrected chi connectivity index (χ1v) is 6.83. The van der Waals surface area contributed by atoms with Crippen molar-refractivity contribution in [3.8, 4) is 0 Å². The molecule has 2 aromatic carbocycles. The van der Waals surface area contributed by atoms with Gasteiger partial charge in [0.2, 0.25) is 5.91 Å². The molecule has 0 aliphatic carbocycles. The number of hydrogen-bond acceptors (Lipinski definition) is 4. The first-order chi connectivity index (χ1) is 10.4. The Hall–Kier alpha value is -2.60. The van der Waals surface area contributed by atoms with Gasteiger partial charge in [0, 0.05) is 24.2 Å². The molecule has 0 bridgehead atoms. The van der Waals surface area contributed by atoms with Gasteiger partial charge in [-0.05, 0) is 30.2 Å². The number of carbonyl (C=O) groups excluding carboxylic acids is 1. The normalized spacial score (nSPS) is 10.3. The van der Waals surface area contributed by atoms with Crippen molar-refractivity contribution in [1.29, 1.82) is 0 Å². The SMILES string of the molecule is Cc1cc([N+](=O)[O-])cc(Cl)c1NCc1cccc(C(N)=O)c1. The summed E-state index contributed by atoms with van der Waals surface area (Å²) in [6.45, 7) is 2.15. The van der Waals surface area contributed by atoms with Gasteiger partial charge in [-0.25, -0.2) is 0 Å². The molecule has 0 saturated carbocycles. The molecule has 1 amide bonds. The Balaban J connectivity index is 2.20. The molecule has 22 heavy (non-hydrogen) atoms. The van der Waals surface area contributed by atoms with Crippen molar-refractivity contribution in [2.45, 2.75) is 13.5 Å². The largest absolute Gasteiger partial charge is 0.380 e. The highest BCUT2D eigenvalue weighted by atomic mass is 35.5. The van der Waals surface area contributed by atoms with Gasteiger partial charge in [0.25, 0.3) is 5.69 Å². The van der Waals surface area contributed by atoms with Gasteiger partial charge in [-0.3, -0.25) is 14.9 Å². The first kappa shape index (κ1) is 15.8. The predicted octanol–water partition coefficient (Wildman–Crippen LogP) is 3.27. The number of rotatable bonds is 5. The monoisotopic (exact) mass is 319 g/mol. The molecule has 0 aliphatic rings. The number of anilines is 1. The highest BCUT2D eigenvalue weighted by Crippen LogP contribution is 2.31. The fourth-order valence-corrected chi connectivity index (χ4v) is 2.41. The Morgan fingerprint density at radius 1 is 1.36 bits per heavy atom. The molecule has 2 rings (SSSR count). The first-order valence-electron chi connectivity index (χ1n) is 6.45. The molecule has 0 spiro atoms. The quantitative estimate of drug-likeness (QED) is 0.652. The lowest BCUT2D eigenvalue weighted by Gasteiger charge is -2.12. The van der Waals surface area contributed by atoms with Crippen molar-refractivity contribution in [3.63, 3.8) is 0 Å². The Labute approximate surface area is 132 Å². The van der Waals surface area contributed by atoms with Crippen molar-refractivity contribution in [1.82, 2.24) is 0 Å². The summed E-state index contributed by atoms with van der Waals surface area (Å²) in [5.74, 6) is -0.494. The molecule has 0 saturated heterocycles. The number of aryl methyl sites for hydroxylation is 1. The average Bonchev–Trinajstić information content (AvgIpc) is 2.46. The van der Waals surface area contributed by atoms with E-state index < -0.39 is 10.8 Å². The van der Waals surface area contributed by atoms with Crippen LogP contribution in [0.2, 0.25) is 5.02 Å².